The summed E-state index contributed by atoms with van der Waals surface area (Å²) in [5.74, 6) is 5.84. The fourth-order valence-corrected chi connectivity index (χ4v) is 1.53. The van der Waals surface area contributed by atoms with Crippen LogP contribution in [0.25, 0.3) is 0 Å². The van der Waals surface area contributed by atoms with Crippen LogP contribution < -0.4 is 11.3 Å². The van der Waals surface area contributed by atoms with Crippen LogP contribution in [0.2, 0.25) is 0 Å². The van der Waals surface area contributed by atoms with Gasteiger partial charge in [-0.1, -0.05) is 13.8 Å². The van der Waals surface area contributed by atoms with Gasteiger partial charge in [0.15, 0.2) is 0 Å². The number of hydrazine groups is 1. The number of nitrogens with one attached hydrogen (secondary N) is 1. The lowest BCUT2D eigenvalue weighted by Crippen LogP contribution is -2.37. The maximum absolute atomic E-state index is 10.9. The molecule has 0 saturated carbocycles. The van der Waals surface area contributed by atoms with E-state index in [1.54, 1.807) is 11.8 Å². The Morgan fingerprint density at radius 1 is 1.70 bits per heavy atom. The summed E-state index contributed by atoms with van der Waals surface area (Å²) in [6, 6.07) is 0. The molecule has 0 radical (unpaired) electrons. The van der Waals surface area contributed by atoms with Crippen LogP contribution in [0.5, 0.6) is 0 Å². The van der Waals surface area contributed by atoms with E-state index in [0.717, 1.165) is 12.2 Å². The highest BCUT2D eigenvalue weighted by molar-refractivity contribution is 8.00. The zero-order valence-corrected chi connectivity index (χ0v) is 7.20. The Morgan fingerprint density at radius 3 is 2.60 bits per heavy atom. The molecule has 60 valence electrons. The fourth-order valence-electron chi connectivity index (χ4n) is 0.673. The molecule has 0 aromatic carbocycles. The van der Waals surface area contributed by atoms with Gasteiger partial charge in [0.25, 0.3) is 0 Å². The minimum absolute atomic E-state index is 0.0231. The van der Waals surface area contributed by atoms with Gasteiger partial charge in [-0.25, -0.2) is 5.84 Å². The third-order valence-electron chi connectivity index (χ3n) is 1.17. The third-order valence-corrected chi connectivity index (χ3v) is 2.46. The topological polar surface area (TPSA) is 55.1 Å². The predicted molar refractivity (Wildman–Crippen MR) is 44.5 cm³/mol. The van der Waals surface area contributed by atoms with E-state index in [-0.39, 0.29) is 11.2 Å². The molecule has 3 N–H and O–H groups in total. The van der Waals surface area contributed by atoms with Gasteiger partial charge >= 0.3 is 0 Å². The molecule has 0 aliphatic rings. The van der Waals surface area contributed by atoms with E-state index in [1.165, 1.54) is 0 Å². The molecule has 0 aliphatic carbocycles. The summed E-state index contributed by atoms with van der Waals surface area (Å²) in [6.45, 7) is 4.00. The molecule has 0 spiro atoms. The minimum Gasteiger partial charge on any atom is -0.293 e. The molecule has 10 heavy (non-hydrogen) atoms. The molecular formula is C6H14N2OS. The highest BCUT2D eigenvalue weighted by Gasteiger charge is 2.13. The molecule has 0 heterocycles. The van der Waals surface area contributed by atoms with E-state index >= 15 is 0 Å². The van der Waals surface area contributed by atoms with Crippen molar-refractivity contribution in [3.63, 3.8) is 0 Å². The number of amides is 1. The molecule has 0 bridgehead atoms. The van der Waals surface area contributed by atoms with Crippen molar-refractivity contribution in [2.75, 3.05) is 5.75 Å². The van der Waals surface area contributed by atoms with Crippen LogP contribution in [0.1, 0.15) is 20.3 Å². The van der Waals surface area contributed by atoms with Crippen LogP contribution in [0.4, 0.5) is 0 Å². The second-order valence-corrected chi connectivity index (χ2v) is 3.34. The lowest BCUT2D eigenvalue weighted by molar-refractivity contribution is -0.120. The number of nitrogens with two attached hydrogens (primary N) is 1. The van der Waals surface area contributed by atoms with Gasteiger partial charge in [-0.05, 0) is 12.2 Å². The van der Waals surface area contributed by atoms with Gasteiger partial charge in [-0.15, -0.1) is 11.8 Å². The molecule has 4 heteroatoms. The molecule has 0 aromatic rings. The first-order valence-corrected chi connectivity index (χ1v) is 4.43. The van der Waals surface area contributed by atoms with Crippen molar-refractivity contribution in [1.29, 1.82) is 0 Å². The van der Waals surface area contributed by atoms with Gasteiger partial charge in [0.1, 0.15) is 0 Å². The van der Waals surface area contributed by atoms with E-state index in [4.69, 9.17) is 5.84 Å². The molecule has 0 aliphatic heterocycles. The van der Waals surface area contributed by atoms with Crippen LogP contribution in [0.3, 0.4) is 0 Å². The lowest BCUT2D eigenvalue weighted by atomic mass is 10.3. The number of hydrogen-bond donors (Lipinski definition) is 2. The highest BCUT2D eigenvalue weighted by Crippen LogP contribution is 2.12. The Morgan fingerprint density at radius 2 is 2.30 bits per heavy atom. The first kappa shape index (κ1) is 9.78. The largest absolute Gasteiger partial charge is 0.293 e. The van der Waals surface area contributed by atoms with Crippen molar-refractivity contribution in [3.8, 4) is 0 Å². The standard InChI is InChI=1S/C6H14N2OS/c1-3-5(10-4-2)6(9)8-7/h5H,3-4,7H2,1-2H3,(H,8,9). The van der Waals surface area contributed by atoms with Gasteiger partial charge in [-0.3, -0.25) is 10.2 Å². The summed E-state index contributed by atoms with van der Waals surface area (Å²) < 4.78 is 0. The second-order valence-electron chi connectivity index (χ2n) is 1.86. The molecular weight excluding hydrogens is 148 g/mol. The zero-order chi connectivity index (χ0) is 7.98. The summed E-state index contributed by atoms with van der Waals surface area (Å²) in [5, 5.41) is 0.0231. The molecule has 1 atom stereocenters. The van der Waals surface area contributed by atoms with E-state index in [2.05, 4.69) is 5.43 Å². The maximum atomic E-state index is 10.9. The molecule has 0 rings (SSSR count). The quantitative estimate of drug-likeness (QED) is 0.360. The van der Waals surface area contributed by atoms with Gasteiger partial charge in [0, 0.05) is 0 Å². The summed E-state index contributed by atoms with van der Waals surface area (Å²) in [6.07, 6.45) is 0.835. The number of rotatable bonds is 4. The lowest BCUT2D eigenvalue weighted by Gasteiger charge is -2.09. The Hall–Kier alpha value is -0.220. The normalized spacial score (nSPS) is 12.7. The fraction of sp³-hybridized carbons (Fsp3) is 0.833. The predicted octanol–water partition coefficient (Wildman–Crippen LogP) is 0.508. The van der Waals surface area contributed by atoms with E-state index in [0.29, 0.717) is 0 Å². The van der Waals surface area contributed by atoms with Crippen molar-refractivity contribution in [1.82, 2.24) is 5.43 Å². The number of carbonyl (C=O) groups is 1. The van der Waals surface area contributed by atoms with Crippen molar-refractivity contribution >= 4 is 17.7 Å². The van der Waals surface area contributed by atoms with Crippen LogP contribution in [-0.4, -0.2) is 16.9 Å². The molecule has 0 fully saturated rings. The van der Waals surface area contributed by atoms with E-state index in [9.17, 15) is 4.79 Å². The van der Waals surface area contributed by atoms with Crippen LogP contribution in [-0.2, 0) is 4.79 Å². The number of carbonyl (C=O) groups excluding carboxylic acids is 1. The van der Waals surface area contributed by atoms with Crippen LogP contribution >= 0.6 is 11.8 Å². The molecule has 1 amide bonds. The first-order chi connectivity index (χ1) is 4.76. The second kappa shape index (κ2) is 5.56. The molecule has 0 aromatic heterocycles. The minimum atomic E-state index is -0.0747. The molecule has 0 saturated heterocycles. The van der Waals surface area contributed by atoms with Crippen molar-refractivity contribution in [2.45, 2.75) is 25.5 Å². The monoisotopic (exact) mass is 162 g/mol. The van der Waals surface area contributed by atoms with Crippen LogP contribution in [0, 0.1) is 0 Å². The Bertz CT molecular complexity index is 108. The van der Waals surface area contributed by atoms with Gasteiger partial charge in [0.2, 0.25) is 5.91 Å². The average molecular weight is 162 g/mol. The van der Waals surface area contributed by atoms with Crippen molar-refractivity contribution in [3.05, 3.63) is 0 Å². The summed E-state index contributed by atoms with van der Waals surface area (Å²) in [4.78, 5) is 10.9. The zero-order valence-electron chi connectivity index (χ0n) is 6.39. The Labute approximate surface area is 65.7 Å². The number of hydrogen-bond acceptors (Lipinski definition) is 3. The van der Waals surface area contributed by atoms with Crippen LogP contribution in [0.15, 0.2) is 0 Å². The third kappa shape index (κ3) is 3.08. The Balaban J connectivity index is 3.68. The first-order valence-electron chi connectivity index (χ1n) is 3.38. The van der Waals surface area contributed by atoms with Gasteiger partial charge in [-0.2, -0.15) is 0 Å². The van der Waals surface area contributed by atoms with E-state index < -0.39 is 0 Å². The molecule has 1 unspecified atom stereocenters. The SMILES string of the molecule is CCSC(CC)C(=O)NN. The van der Waals surface area contributed by atoms with Crippen molar-refractivity contribution < 1.29 is 4.79 Å². The van der Waals surface area contributed by atoms with E-state index in [1.807, 2.05) is 13.8 Å². The highest BCUT2D eigenvalue weighted by atomic mass is 32.2. The number of thioether (sulfide) groups is 1. The van der Waals surface area contributed by atoms with Gasteiger partial charge < -0.3 is 0 Å². The van der Waals surface area contributed by atoms with Crippen molar-refractivity contribution in [2.24, 2.45) is 5.84 Å². The summed E-state index contributed by atoms with van der Waals surface area (Å²) >= 11 is 1.62. The summed E-state index contributed by atoms with van der Waals surface area (Å²) in [5.41, 5.74) is 2.14. The molecule has 3 nitrogen and oxygen atoms in total. The van der Waals surface area contributed by atoms with Gasteiger partial charge in [0.05, 0.1) is 5.25 Å². The summed E-state index contributed by atoms with van der Waals surface area (Å²) in [7, 11) is 0. The smallest absolute Gasteiger partial charge is 0.246 e. The Kier molecular flexibility index (Phi) is 5.43. The maximum Gasteiger partial charge on any atom is 0.246 e. The average Bonchev–Trinajstić information content (AvgIpc) is 1.99.